The summed E-state index contributed by atoms with van der Waals surface area (Å²) in [5.41, 5.74) is 1.98. The Hall–Kier alpha value is -2.46. The van der Waals surface area contributed by atoms with E-state index in [1.165, 1.54) is 29.4 Å². The third-order valence-electron chi connectivity index (χ3n) is 8.04. The summed E-state index contributed by atoms with van der Waals surface area (Å²) in [4.78, 5) is 29.3. The lowest BCUT2D eigenvalue weighted by Crippen LogP contribution is -2.44. The van der Waals surface area contributed by atoms with E-state index >= 15 is 0 Å². The molecule has 0 saturated carbocycles. The average molecular weight is 589 g/mol. The molecule has 0 amide bonds. The number of nitrogens with zero attached hydrogens (tertiary/aromatic N) is 2. The summed E-state index contributed by atoms with van der Waals surface area (Å²) in [7, 11) is -2.08. The van der Waals surface area contributed by atoms with E-state index in [0.29, 0.717) is 11.1 Å². The molecule has 1 aliphatic rings. The number of aromatic nitrogens is 2. The zero-order valence-electron chi connectivity index (χ0n) is 24.4. The zero-order chi connectivity index (χ0) is 29.1. The highest BCUT2D eigenvalue weighted by Crippen LogP contribution is 2.38. The molecular weight excluding hydrogens is 548 g/mol. The predicted octanol–water partition coefficient (Wildman–Crippen LogP) is 6.85. The monoisotopic (exact) mass is 588 g/mol. The van der Waals surface area contributed by atoms with Crippen LogP contribution in [0.1, 0.15) is 65.2 Å². The summed E-state index contributed by atoms with van der Waals surface area (Å²) in [6.07, 6.45) is 4.82. The minimum atomic E-state index is -2.08. The molecule has 0 radical (unpaired) electrons. The van der Waals surface area contributed by atoms with Crippen LogP contribution in [-0.2, 0) is 25.1 Å². The molecule has 0 N–H and O–H groups in total. The Morgan fingerprint density at radius 2 is 1.93 bits per heavy atom. The second kappa shape index (κ2) is 12.6. The van der Waals surface area contributed by atoms with Crippen molar-refractivity contribution in [2.24, 2.45) is 0 Å². The van der Waals surface area contributed by atoms with Gasteiger partial charge in [-0.25, -0.2) is 4.79 Å². The van der Waals surface area contributed by atoms with Crippen molar-refractivity contribution in [1.29, 1.82) is 0 Å². The number of fused-ring (bicyclic) bond motifs is 1. The lowest BCUT2D eigenvalue weighted by atomic mass is 10.0. The van der Waals surface area contributed by atoms with E-state index in [9.17, 15) is 9.59 Å². The van der Waals surface area contributed by atoms with Gasteiger partial charge in [0.15, 0.2) is 8.32 Å². The topological polar surface area (TPSA) is 92.8 Å². The molecule has 1 aromatic carbocycles. The van der Waals surface area contributed by atoms with Crippen LogP contribution in [0.3, 0.4) is 0 Å². The number of hydrogen-bond donors (Lipinski definition) is 0. The quantitative estimate of drug-likeness (QED) is 0.105. The first-order chi connectivity index (χ1) is 18.9. The lowest BCUT2D eigenvalue weighted by Gasteiger charge is -2.37. The van der Waals surface area contributed by atoms with Crippen LogP contribution in [0.4, 0.5) is 0 Å². The number of aryl methyl sites for hydroxylation is 1. The largest absolute Gasteiger partial charge is 0.458 e. The minimum Gasteiger partial charge on any atom is -0.458 e. The third kappa shape index (κ3) is 7.05. The number of unbranched alkanes of at least 4 members (excludes halogenated alkanes) is 2. The molecular formula is C30H41ClN2O6Si. The van der Waals surface area contributed by atoms with Crippen molar-refractivity contribution in [2.75, 3.05) is 12.5 Å². The van der Waals surface area contributed by atoms with Crippen LogP contribution in [0.2, 0.25) is 18.1 Å². The van der Waals surface area contributed by atoms with Gasteiger partial charge in [0.1, 0.15) is 30.1 Å². The summed E-state index contributed by atoms with van der Waals surface area (Å²) in [6.45, 7) is 13.2. The summed E-state index contributed by atoms with van der Waals surface area (Å²) in [5, 5.41) is 0.689. The fourth-order valence-corrected chi connectivity index (χ4v) is 5.62. The first-order valence-electron chi connectivity index (χ1n) is 14.1. The number of carbonyl (C=O) groups is 1. The van der Waals surface area contributed by atoms with Crippen LogP contribution in [0, 0.1) is 0 Å². The molecule has 0 bridgehead atoms. The van der Waals surface area contributed by atoms with Gasteiger partial charge in [-0.1, -0.05) is 64.8 Å². The van der Waals surface area contributed by atoms with Gasteiger partial charge >= 0.3 is 11.7 Å². The van der Waals surface area contributed by atoms with E-state index in [1.807, 2.05) is 18.2 Å². The number of alkyl halides is 1. The van der Waals surface area contributed by atoms with Crippen molar-refractivity contribution < 1.29 is 23.1 Å². The standard InChI is InChI=1S/C30H41ClN2O6Si/c1-7-8-9-10-20-11-13-21(14-12-20)23-15-22-18-33(29(35)32-28(22)39-23)26-16-24(38-27(34)17-31)25(37-26)19-36-40(5,6)30(2,3)4/h11-15,18,24-26H,7-10,16-17,19H2,1-6H3/t24-,25+,26+/m0/s1. The molecule has 4 rings (SSSR count). The van der Waals surface area contributed by atoms with Crippen molar-refractivity contribution in [3.05, 3.63) is 52.6 Å². The molecule has 8 nitrogen and oxygen atoms in total. The Labute approximate surface area is 242 Å². The minimum absolute atomic E-state index is 0.00752. The van der Waals surface area contributed by atoms with Gasteiger partial charge in [-0.15, -0.1) is 11.6 Å². The molecule has 1 aliphatic heterocycles. The van der Waals surface area contributed by atoms with Gasteiger partial charge in [0.05, 0.1) is 12.0 Å². The molecule has 218 valence electrons. The Morgan fingerprint density at radius 3 is 2.58 bits per heavy atom. The van der Waals surface area contributed by atoms with E-state index < -0.39 is 38.4 Å². The highest BCUT2D eigenvalue weighted by molar-refractivity contribution is 6.74. The molecule has 1 fully saturated rings. The summed E-state index contributed by atoms with van der Waals surface area (Å²) < 4.78 is 25.6. The molecule has 3 heterocycles. The number of ether oxygens (including phenoxy) is 2. The summed E-state index contributed by atoms with van der Waals surface area (Å²) in [6, 6.07) is 10.2. The highest BCUT2D eigenvalue weighted by atomic mass is 35.5. The number of furan rings is 1. The van der Waals surface area contributed by atoms with E-state index in [4.69, 9.17) is 29.9 Å². The van der Waals surface area contributed by atoms with Gasteiger partial charge in [0.2, 0.25) is 5.71 Å². The Morgan fingerprint density at radius 1 is 1.20 bits per heavy atom. The Bertz CT molecular complexity index is 1360. The number of benzene rings is 1. The second-order valence-corrected chi connectivity index (χ2v) is 17.1. The summed E-state index contributed by atoms with van der Waals surface area (Å²) >= 11 is 5.71. The van der Waals surface area contributed by atoms with Crippen LogP contribution in [0.5, 0.6) is 0 Å². The average Bonchev–Trinajstić information content (AvgIpc) is 3.50. The molecule has 3 atom stereocenters. The number of esters is 1. The van der Waals surface area contributed by atoms with E-state index in [1.54, 1.807) is 6.20 Å². The van der Waals surface area contributed by atoms with Crippen LogP contribution in [0.15, 0.2) is 45.7 Å². The van der Waals surface area contributed by atoms with E-state index in [-0.39, 0.29) is 29.7 Å². The molecule has 0 spiro atoms. The van der Waals surface area contributed by atoms with Gasteiger partial charge in [-0.3, -0.25) is 9.36 Å². The first-order valence-corrected chi connectivity index (χ1v) is 17.5. The predicted molar refractivity (Wildman–Crippen MR) is 159 cm³/mol. The van der Waals surface area contributed by atoms with Gasteiger partial charge in [0, 0.05) is 18.2 Å². The van der Waals surface area contributed by atoms with Crippen molar-refractivity contribution in [3.8, 4) is 11.3 Å². The van der Waals surface area contributed by atoms with Crippen LogP contribution < -0.4 is 5.69 Å². The molecule has 0 unspecified atom stereocenters. The van der Waals surface area contributed by atoms with Gasteiger partial charge < -0.3 is 18.3 Å². The SMILES string of the molecule is CCCCCc1ccc(-c2cc3cn([C@H]4C[C@H](OC(=O)CCl)[C@@H](CO[Si](C)(C)C(C)(C)C)O4)c(=O)nc3o2)cc1. The highest BCUT2D eigenvalue weighted by Gasteiger charge is 2.43. The van der Waals surface area contributed by atoms with Crippen LogP contribution in [0.25, 0.3) is 22.4 Å². The molecule has 2 aromatic heterocycles. The van der Waals surface area contributed by atoms with Crippen LogP contribution >= 0.6 is 11.6 Å². The number of rotatable bonds is 11. The molecule has 10 heteroatoms. The maximum Gasteiger partial charge on any atom is 0.353 e. The molecule has 3 aromatic rings. The van der Waals surface area contributed by atoms with Gasteiger partial charge in [-0.05, 0) is 42.6 Å². The summed E-state index contributed by atoms with van der Waals surface area (Å²) in [5.74, 6) is -0.159. The van der Waals surface area contributed by atoms with Gasteiger partial charge in [0.25, 0.3) is 0 Å². The number of hydrogen-bond acceptors (Lipinski definition) is 7. The number of carbonyl (C=O) groups excluding carboxylic acids is 1. The van der Waals surface area contributed by atoms with E-state index in [2.05, 4.69) is 57.9 Å². The molecule has 0 aliphatic carbocycles. The molecule has 1 saturated heterocycles. The Balaban J connectivity index is 1.54. The zero-order valence-corrected chi connectivity index (χ0v) is 26.1. The second-order valence-electron chi connectivity index (χ2n) is 12.1. The van der Waals surface area contributed by atoms with Crippen molar-refractivity contribution in [1.82, 2.24) is 9.55 Å². The smallest absolute Gasteiger partial charge is 0.353 e. The van der Waals surface area contributed by atoms with Crippen molar-refractivity contribution in [3.63, 3.8) is 0 Å². The lowest BCUT2D eigenvalue weighted by molar-refractivity contribution is -0.149. The maximum atomic E-state index is 13.0. The normalized spacial score (nSPS) is 19.8. The van der Waals surface area contributed by atoms with Crippen molar-refractivity contribution in [2.45, 2.75) is 96.4 Å². The fraction of sp³-hybridized carbons (Fsp3) is 0.567. The van der Waals surface area contributed by atoms with Crippen LogP contribution in [-0.4, -0.2) is 48.5 Å². The first kappa shape index (κ1) is 30.5. The van der Waals surface area contributed by atoms with Gasteiger partial charge in [-0.2, -0.15) is 4.98 Å². The Kier molecular flexibility index (Phi) is 9.60. The van der Waals surface area contributed by atoms with Crippen molar-refractivity contribution >= 4 is 37.0 Å². The molecule has 40 heavy (non-hydrogen) atoms. The fourth-order valence-electron chi connectivity index (χ4n) is 4.54. The number of halogens is 1. The third-order valence-corrected chi connectivity index (χ3v) is 12.8. The van der Waals surface area contributed by atoms with E-state index in [0.717, 1.165) is 12.0 Å². The maximum absolute atomic E-state index is 13.0.